The Morgan fingerprint density at radius 2 is 0.719 bits per heavy atom. The number of ether oxygens (including phenoxy) is 4. The predicted octanol–water partition coefficient (Wildman–Crippen LogP) is 20.4. The van der Waals surface area contributed by atoms with Crippen molar-refractivity contribution in [2.24, 2.45) is 14.1 Å². The summed E-state index contributed by atoms with van der Waals surface area (Å²) >= 11 is 3.35. The summed E-state index contributed by atoms with van der Waals surface area (Å²) in [6.07, 6.45) is 15.8. The van der Waals surface area contributed by atoms with E-state index in [0.717, 1.165) is 16.8 Å². The number of anilines is 3. The number of nitrogens with zero attached hydrogens (tertiary/aromatic N) is 13. The number of fused-ring (bicyclic) bond motifs is 4. The zero-order chi connectivity index (χ0) is 95.0. The summed E-state index contributed by atoms with van der Waals surface area (Å²) in [5.41, 5.74) is 22.6. The number of aryl methyl sites for hydroxylation is 6. The Morgan fingerprint density at radius 3 is 1.07 bits per heavy atom. The Bertz CT molecular complexity index is 7560. The van der Waals surface area contributed by atoms with Gasteiger partial charge in [0.2, 0.25) is 0 Å². The first-order valence-electron chi connectivity index (χ1n) is 41.5. The number of rotatable bonds is 19. The van der Waals surface area contributed by atoms with E-state index in [-0.39, 0.29) is 22.5 Å². The van der Waals surface area contributed by atoms with E-state index in [1.165, 1.54) is 78.0 Å². The third-order valence-corrected chi connectivity index (χ3v) is 22.2. The van der Waals surface area contributed by atoms with Crippen LogP contribution in [0.2, 0.25) is 0 Å². The minimum absolute atomic E-state index is 0.200. The number of oxazole rings is 4. The van der Waals surface area contributed by atoms with Crippen LogP contribution in [-0.4, -0.2) is 132 Å². The molecule has 0 unspecified atom stereocenters. The largest absolute Gasteiger partial charge is 0.465 e. The van der Waals surface area contributed by atoms with E-state index in [0.29, 0.717) is 205 Å². The first kappa shape index (κ1) is 91.1. The zero-order valence-corrected chi connectivity index (χ0v) is 75.4. The highest BCUT2D eigenvalue weighted by Crippen LogP contribution is 2.42. The number of aromatic nitrogens is 16. The van der Waals surface area contributed by atoms with Gasteiger partial charge in [0.25, 0.3) is 0 Å². The number of aromatic amines is 4. The van der Waals surface area contributed by atoms with Crippen LogP contribution in [0.5, 0.6) is 0 Å². The van der Waals surface area contributed by atoms with Crippen molar-refractivity contribution in [3.05, 3.63) is 328 Å². The fraction of sp³-hybridized carbons (Fsp3) is 0.131. The molecule has 0 radical (unpaired) electrons. The predicted molar refractivity (Wildman–Crippen MR) is 501 cm³/mol. The Labute approximate surface area is 773 Å². The first-order valence-corrected chi connectivity index (χ1v) is 42.3. The quantitative estimate of drug-likeness (QED) is 0.0189. The molecule has 20 aromatic rings. The van der Waals surface area contributed by atoms with Gasteiger partial charge in [-0.25, -0.2) is 71.6 Å². The van der Waals surface area contributed by atoms with E-state index in [1.54, 1.807) is 146 Å². The van der Waals surface area contributed by atoms with Crippen LogP contribution in [0.1, 0.15) is 87.5 Å². The summed E-state index contributed by atoms with van der Waals surface area (Å²) in [5.74, 6) is 0.605. The van der Waals surface area contributed by atoms with Crippen LogP contribution in [0.3, 0.4) is 0 Å². The molecule has 135 heavy (non-hydrogen) atoms. The zero-order valence-electron chi connectivity index (χ0n) is 73.8. The molecule has 0 aliphatic rings. The minimum atomic E-state index is -0.551. The maximum Gasteiger partial charge on any atom is 0.340 e. The van der Waals surface area contributed by atoms with E-state index >= 15 is 17.6 Å². The van der Waals surface area contributed by atoms with E-state index in [4.69, 9.17) is 53.1 Å². The third kappa shape index (κ3) is 19.5. The van der Waals surface area contributed by atoms with E-state index in [1.807, 2.05) is 62.8 Å². The van der Waals surface area contributed by atoms with Gasteiger partial charge in [0.15, 0.2) is 52.4 Å². The van der Waals surface area contributed by atoms with Crippen LogP contribution in [0.25, 0.3) is 134 Å². The summed E-state index contributed by atoms with van der Waals surface area (Å²) in [7, 11) is 8.88. The molecule has 0 aliphatic heterocycles. The van der Waals surface area contributed by atoms with Gasteiger partial charge in [-0.3, -0.25) is 14.3 Å². The lowest BCUT2D eigenvalue weighted by molar-refractivity contribution is 0.0593. The number of hydrogen-bond acceptors (Lipinski definition) is 25. The second-order valence-corrected chi connectivity index (χ2v) is 31.3. The van der Waals surface area contributed by atoms with Crippen LogP contribution >= 0.6 is 15.9 Å². The van der Waals surface area contributed by atoms with E-state index in [9.17, 15) is 19.2 Å². The number of nitrogens with two attached hydrogens (primary N) is 2. The number of methoxy groups -OCH3 is 4. The van der Waals surface area contributed by atoms with Gasteiger partial charge in [0.05, 0.1) is 131 Å². The van der Waals surface area contributed by atoms with Gasteiger partial charge < -0.3 is 72.9 Å². The topological polar surface area (TPSA) is 415 Å². The monoisotopic (exact) mass is 1880 g/mol. The standard InChI is InChI=1S/C33H27FN4O3.C24H20FN5O3.C19H13BrFN3O3.C19H15FN4O3.C4H7N3/c1-21-35-18-29(41-21)25-15-9-14-24(30(25)34)28-16-26-27(33(39)40-2)17-36-32(31(26)37-28)38(19-22-10-5-3-6-11-22)20-23-12-7-4-8-13-23;1-13-26-12-21(33-13)16-6-4-5-15(22(16)25)19-10-17-18(24(31)32-3)11-27-20(23(17)28-19)9-14-7-8-30(2)29-14;1-9-22-8-15(27-9)11-5-3-4-10(16(11)21)14-6-12-13(19(25)26-2)7-23-18(20)17(12)24-14;1-9-22-8-15(27-9)11-5-3-4-10(16(11)20)14-6-12-13(19(25)26-2)7-23-18(21)17(12)24-14;1-7-3-2-4(5)6-7/h3-18,37H,19-20H2,1-2H3;4-8,10-12,28H,9H2,1-3H3;3-8,24H,1-2H3;3-8,24H,1-2H3,(H2,21,23);2-3H,1H3,(H2,5,6). The van der Waals surface area contributed by atoms with Crippen molar-refractivity contribution in [1.29, 1.82) is 0 Å². The second kappa shape index (κ2) is 39.6. The maximum atomic E-state index is 15.9. The van der Waals surface area contributed by atoms with Crippen molar-refractivity contribution in [1.82, 2.24) is 79.4 Å². The molecule has 0 atom stereocenters. The highest BCUT2D eigenvalue weighted by molar-refractivity contribution is 9.10. The summed E-state index contributed by atoms with van der Waals surface area (Å²) in [6, 6.07) is 50.7. The van der Waals surface area contributed by atoms with Crippen LogP contribution in [0.15, 0.2) is 254 Å². The molecule has 8 N–H and O–H groups in total. The van der Waals surface area contributed by atoms with Crippen molar-refractivity contribution in [2.75, 3.05) is 44.8 Å². The molecule has 31 nitrogen and oxygen atoms in total. The van der Waals surface area contributed by atoms with Crippen molar-refractivity contribution in [2.45, 2.75) is 47.2 Å². The number of esters is 4. The molecule has 0 amide bonds. The normalized spacial score (nSPS) is 11.0. The van der Waals surface area contributed by atoms with Gasteiger partial charge >= 0.3 is 23.9 Å². The highest BCUT2D eigenvalue weighted by Gasteiger charge is 2.29. The summed E-state index contributed by atoms with van der Waals surface area (Å²) in [6.45, 7) is 7.93. The third-order valence-electron chi connectivity index (χ3n) is 21.6. The molecule has 0 spiro atoms. The summed E-state index contributed by atoms with van der Waals surface area (Å²) < 4.78 is 107. The highest BCUT2D eigenvalue weighted by atomic mass is 79.9. The van der Waals surface area contributed by atoms with Crippen LogP contribution in [0.4, 0.5) is 35.0 Å². The van der Waals surface area contributed by atoms with Gasteiger partial charge in [-0.15, -0.1) is 0 Å². The average Bonchev–Trinajstić information content (AvgIpc) is 1.59. The summed E-state index contributed by atoms with van der Waals surface area (Å²) in [5, 5.41) is 10.5. The maximum absolute atomic E-state index is 15.9. The van der Waals surface area contributed by atoms with Crippen molar-refractivity contribution in [3.8, 4) is 90.3 Å². The van der Waals surface area contributed by atoms with Crippen LogP contribution < -0.4 is 16.4 Å². The van der Waals surface area contributed by atoms with Gasteiger partial charge in [-0.2, -0.15) is 10.2 Å². The second-order valence-electron chi connectivity index (χ2n) is 30.5. The molecule has 680 valence electrons. The first-order chi connectivity index (χ1) is 65.2. The van der Waals surface area contributed by atoms with Crippen LogP contribution in [-0.2, 0) is 52.6 Å². The molecule has 0 bridgehead atoms. The Balaban J connectivity index is 0.000000129. The number of pyridine rings is 4. The molecular formula is C99H82BrF4N19O12. The smallest absolute Gasteiger partial charge is 0.340 e. The van der Waals surface area contributed by atoms with Gasteiger partial charge in [0.1, 0.15) is 39.5 Å². The number of carbonyl (C=O) groups is 4. The molecule has 6 aromatic carbocycles. The molecule has 0 saturated carbocycles. The minimum Gasteiger partial charge on any atom is -0.465 e. The van der Waals surface area contributed by atoms with Gasteiger partial charge in [-0.05, 0) is 112 Å². The number of nitrogens with one attached hydrogen (secondary N) is 4. The Hall–Kier alpha value is -17.2. The number of H-pyrrole nitrogens is 4. The Morgan fingerprint density at radius 1 is 0.385 bits per heavy atom. The van der Waals surface area contributed by atoms with Crippen molar-refractivity contribution >= 4 is 101 Å². The molecule has 20 rings (SSSR count). The number of nitrogen functional groups attached to an aromatic ring is 2. The molecule has 36 heteroatoms. The number of hydrogen-bond donors (Lipinski definition) is 6. The fourth-order valence-electron chi connectivity index (χ4n) is 15.2. The van der Waals surface area contributed by atoms with Gasteiger partial charge in [-0.1, -0.05) is 84.9 Å². The lowest BCUT2D eigenvalue weighted by Gasteiger charge is -2.25. The average molecular weight is 1890 g/mol. The van der Waals surface area contributed by atoms with E-state index in [2.05, 4.69) is 110 Å². The number of carbonyl (C=O) groups excluding carboxylic acids is 4. The lowest BCUT2D eigenvalue weighted by atomic mass is 10.0. The lowest BCUT2D eigenvalue weighted by Crippen LogP contribution is -2.24. The number of halogens is 5. The molecule has 0 fully saturated rings. The van der Waals surface area contributed by atoms with Crippen LogP contribution in [0, 0.1) is 51.0 Å². The molecule has 14 heterocycles. The van der Waals surface area contributed by atoms with Gasteiger partial charge in [0, 0.05) is 165 Å². The SMILES string of the molecule is COC(=O)c1cnc(Br)c2[nH]c(-c3cccc(-c4cnc(C)o4)c3F)cc12.COC(=O)c1cnc(Cc2ccn(C)n2)c2[nH]c(-c3cccc(-c4cnc(C)o4)c3F)cc12.COC(=O)c1cnc(N(Cc2ccccc2)Cc2ccccc2)c2[nH]c(-c3cccc(-c4cnc(C)o4)c3F)cc12.COC(=O)c1cnc(N)c2[nH]c(-c3cccc(-c4cnc(C)o4)c3F)cc12.Cn1ccc(N)n1. The molecule has 0 saturated heterocycles. The molecular weight excluding hydrogens is 1800 g/mol. The summed E-state index contributed by atoms with van der Waals surface area (Å²) in [4.78, 5) is 97.6. The molecule has 0 aliphatic carbocycles. The number of benzene rings is 6. The van der Waals surface area contributed by atoms with Crippen molar-refractivity contribution < 1.29 is 73.4 Å². The van der Waals surface area contributed by atoms with E-state index < -0.39 is 47.1 Å². The van der Waals surface area contributed by atoms with Crippen molar-refractivity contribution in [3.63, 3.8) is 0 Å². The fourth-order valence-corrected chi connectivity index (χ4v) is 15.6. The molecule has 14 aromatic heterocycles. The Kier molecular flexibility index (Phi) is 26.8.